The average molecular weight is 218 g/mol. The molecule has 0 aromatic heterocycles. The zero-order chi connectivity index (χ0) is 11.2. The van der Waals surface area contributed by atoms with Crippen LogP contribution in [0.25, 0.3) is 0 Å². The van der Waals surface area contributed by atoms with Crippen LogP contribution in [0, 0.1) is 6.61 Å². The number of nitrogens with zero attached hydrogens (tertiary/aromatic N) is 1. The Kier molecular flexibility index (Phi) is 4.23. The fraction of sp³-hybridized carbons (Fsp3) is 0.500. The van der Waals surface area contributed by atoms with Gasteiger partial charge in [-0.2, -0.15) is 0 Å². The molecule has 2 nitrogen and oxygen atoms in total. The van der Waals surface area contributed by atoms with Crippen LogP contribution in [-0.2, 0) is 6.54 Å². The minimum Gasteiger partial charge on any atom is -0.486 e. The smallest absolute Gasteiger partial charge is 0.135 e. The van der Waals surface area contributed by atoms with Gasteiger partial charge >= 0.3 is 0 Å². The van der Waals surface area contributed by atoms with E-state index in [-0.39, 0.29) is 0 Å². The van der Waals surface area contributed by atoms with Gasteiger partial charge in [0, 0.05) is 12.1 Å². The van der Waals surface area contributed by atoms with E-state index < -0.39 is 0 Å². The number of benzene rings is 1. The summed E-state index contributed by atoms with van der Waals surface area (Å²) in [6.45, 7) is 7.43. The molecular formula is C14H20NO. The summed E-state index contributed by atoms with van der Waals surface area (Å²) in [5, 5.41) is 0. The van der Waals surface area contributed by atoms with Gasteiger partial charge in [0.25, 0.3) is 0 Å². The summed E-state index contributed by atoms with van der Waals surface area (Å²) in [5.74, 6) is 1.01. The topological polar surface area (TPSA) is 12.5 Å². The molecule has 0 atom stereocenters. The fourth-order valence-corrected chi connectivity index (χ4v) is 2.10. The van der Waals surface area contributed by atoms with E-state index in [9.17, 15) is 0 Å². The van der Waals surface area contributed by atoms with Gasteiger partial charge in [0.15, 0.2) is 0 Å². The molecule has 1 saturated heterocycles. The Morgan fingerprint density at radius 3 is 2.75 bits per heavy atom. The van der Waals surface area contributed by atoms with E-state index in [0.717, 1.165) is 18.7 Å². The van der Waals surface area contributed by atoms with E-state index in [1.165, 1.54) is 31.5 Å². The van der Waals surface area contributed by atoms with Crippen LogP contribution in [0.5, 0.6) is 5.75 Å². The maximum absolute atomic E-state index is 5.64. The summed E-state index contributed by atoms with van der Waals surface area (Å²) in [6.07, 6.45) is 3.62. The van der Waals surface area contributed by atoms with Crippen molar-refractivity contribution in [1.29, 1.82) is 0 Å². The Balaban J connectivity index is 2.00. The third-order valence-electron chi connectivity index (χ3n) is 2.94. The molecule has 0 unspecified atom stereocenters. The molecule has 1 fully saturated rings. The second kappa shape index (κ2) is 5.90. The minimum absolute atomic E-state index is 0.943. The lowest BCUT2D eigenvalue weighted by Gasteiger charge is -2.17. The Labute approximate surface area is 98.2 Å². The summed E-state index contributed by atoms with van der Waals surface area (Å²) < 4.78 is 5.64. The third-order valence-corrected chi connectivity index (χ3v) is 2.94. The molecule has 0 amide bonds. The maximum atomic E-state index is 5.64. The van der Waals surface area contributed by atoms with Gasteiger partial charge < -0.3 is 4.74 Å². The summed E-state index contributed by atoms with van der Waals surface area (Å²) in [6, 6.07) is 8.34. The molecule has 0 bridgehead atoms. The number of hydrogen-bond acceptors (Lipinski definition) is 2. The van der Waals surface area contributed by atoms with Gasteiger partial charge in [-0.3, -0.25) is 4.90 Å². The molecule has 0 N–H and O–H groups in total. The van der Waals surface area contributed by atoms with Crippen LogP contribution in [0.2, 0.25) is 0 Å². The molecule has 1 aromatic rings. The number of ether oxygens (including phenoxy) is 1. The zero-order valence-electron chi connectivity index (χ0n) is 9.98. The molecule has 1 heterocycles. The highest BCUT2D eigenvalue weighted by Gasteiger charge is 2.13. The van der Waals surface area contributed by atoms with Gasteiger partial charge in [-0.15, -0.1) is 0 Å². The Morgan fingerprint density at radius 2 is 2.00 bits per heavy atom. The van der Waals surface area contributed by atoms with Crippen LogP contribution in [-0.4, -0.2) is 18.0 Å². The predicted molar refractivity (Wildman–Crippen MR) is 66.2 cm³/mol. The summed E-state index contributed by atoms with van der Waals surface area (Å²) >= 11 is 0. The summed E-state index contributed by atoms with van der Waals surface area (Å²) in [7, 11) is 0. The van der Waals surface area contributed by atoms with Gasteiger partial charge in [0.2, 0.25) is 0 Å². The Morgan fingerprint density at radius 1 is 1.25 bits per heavy atom. The molecule has 87 valence electrons. The van der Waals surface area contributed by atoms with Crippen LogP contribution in [0.1, 0.15) is 31.7 Å². The largest absolute Gasteiger partial charge is 0.486 e. The van der Waals surface area contributed by atoms with Crippen molar-refractivity contribution in [3.8, 4) is 5.75 Å². The van der Waals surface area contributed by atoms with E-state index in [4.69, 9.17) is 4.74 Å². The Hall–Kier alpha value is -1.02. The van der Waals surface area contributed by atoms with E-state index >= 15 is 0 Å². The van der Waals surface area contributed by atoms with E-state index in [1.54, 1.807) is 0 Å². The lowest BCUT2D eigenvalue weighted by Crippen LogP contribution is -2.18. The first kappa shape index (κ1) is 11.5. The second-order valence-electron chi connectivity index (χ2n) is 4.28. The molecule has 2 heteroatoms. The predicted octanol–water partition coefficient (Wildman–Crippen LogP) is 3.23. The maximum Gasteiger partial charge on any atom is 0.135 e. The van der Waals surface area contributed by atoms with Crippen LogP contribution >= 0.6 is 0 Å². The molecule has 1 aromatic carbocycles. The van der Waals surface area contributed by atoms with E-state index in [0.29, 0.717) is 0 Å². The number of para-hydroxylation sites is 1. The fourth-order valence-electron chi connectivity index (χ4n) is 2.10. The van der Waals surface area contributed by atoms with Gasteiger partial charge in [0.1, 0.15) is 12.4 Å². The quantitative estimate of drug-likeness (QED) is 0.752. The van der Waals surface area contributed by atoms with Crippen LogP contribution < -0.4 is 4.74 Å². The molecule has 2 rings (SSSR count). The first-order valence-corrected chi connectivity index (χ1v) is 6.18. The lowest BCUT2D eigenvalue weighted by molar-refractivity contribution is 0.319. The monoisotopic (exact) mass is 218 g/mol. The number of likely N-dealkylation sites (tertiary alicyclic amines) is 1. The highest BCUT2D eigenvalue weighted by Crippen LogP contribution is 2.22. The summed E-state index contributed by atoms with van der Waals surface area (Å²) in [5.41, 5.74) is 1.30. The van der Waals surface area contributed by atoms with Gasteiger partial charge in [-0.05, 0) is 38.4 Å². The molecule has 0 saturated carbocycles. The zero-order valence-corrected chi connectivity index (χ0v) is 9.98. The molecule has 0 spiro atoms. The molecule has 1 aliphatic heterocycles. The normalized spacial score (nSPS) is 16.6. The first-order valence-electron chi connectivity index (χ1n) is 6.18. The standard InChI is InChI=1S/C14H20NO/c1-2-11-16-14-8-4-3-7-13(14)12-15-9-5-6-10-15/h3-4,7-8,11H,2,5-6,9-10,12H2,1H3. The first-order chi connectivity index (χ1) is 7.90. The van der Waals surface area contributed by atoms with Crippen LogP contribution in [0.15, 0.2) is 24.3 Å². The van der Waals surface area contributed by atoms with Crippen molar-refractivity contribution in [1.82, 2.24) is 4.90 Å². The van der Waals surface area contributed by atoms with Crippen LogP contribution in [0.3, 0.4) is 0 Å². The number of hydrogen-bond donors (Lipinski definition) is 0. The van der Waals surface area contributed by atoms with Crippen molar-refractivity contribution in [2.24, 2.45) is 0 Å². The molecule has 16 heavy (non-hydrogen) atoms. The van der Waals surface area contributed by atoms with E-state index in [2.05, 4.69) is 30.0 Å². The van der Waals surface area contributed by atoms with E-state index in [1.807, 2.05) is 12.7 Å². The van der Waals surface area contributed by atoms with Crippen molar-refractivity contribution < 1.29 is 4.74 Å². The molecule has 1 radical (unpaired) electrons. The van der Waals surface area contributed by atoms with Crippen molar-refractivity contribution in [3.63, 3.8) is 0 Å². The van der Waals surface area contributed by atoms with Gasteiger partial charge in [0.05, 0.1) is 0 Å². The van der Waals surface area contributed by atoms with Crippen molar-refractivity contribution in [2.45, 2.75) is 32.7 Å². The second-order valence-corrected chi connectivity index (χ2v) is 4.28. The highest BCUT2D eigenvalue weighted by molar-refractivity contribution is 5.33. The Bertz CT molecular complexity index is 318. The number of rotatable bonds is 5. The van der Waals surface area contributed by atoms with Crippen molar-refractivity contribution >= 4 is 0 Å². The molecule has 1 aliphatic rings. The molecular weight excluding hydrogens is 198 g/mol. The highest BCUT2D eigenvalue weighted by atomic mass is 16.5. The molecule has 0 aliphatic carbocycles. The van der Waals surface area contributed by atoms with Crippen molar-refractivity contribution in [3.05, 3.63) is 36.4 Å². The third kappa shape index (κ3) is 2.99. The van der Waals surface area contributed by atoms with Gasteiger partial charge in [-0.1, -0.05) is 25.1 Å². The minimum atomic E-state index is 0.943. The van der Waals surface area contributed by atoms with Gasteiger partial charge in [-0.25, -0.2) is 0 Å². The average Bonchev–Trinajstić information content (AvgIpc) is 2.81. The van der Waals surface area contributed by atoms with Crippen LogP contribution in [0.4, 0.5) is 0 Å². The lowest BCUT2D eigenvalue weighted by atomic mass is 10.2. The SMILES string of the molecule is CC[CH]Oc1ccccc1CN1CCCC1. The summed E-state index contributed by atoms with van der Waals surface area (Å²) in [4.78, 5) is 2.49. The van der Waals surface area contributed by atoms with Crippen molar-refractivity contribution in [2.75, 3.05) is 13.1 Å².